The van der Waals surface area contributed by atoms with Gasteiger partial charge in [-0.1, -0.05) is 0 Å². The third kappa shape index (κ3) is 2.80. The second kappa shape index (κ2) is 5.86. The molecule has 0 bridgehead atoms. The number of fused-ring (bicyclic) bond motifs is 1. The molecule has 16 heavy (non-hydrogen) atoms. The molecule has 90 valence electrons. The molecule has 0 aliphatic carbocycles. The van der Waals surface area contributed by atoms with Gasteiger partial charge in [0.05, 0.1) is 0 Å². The largest absolute Gasteiger partial charge is 0.508 e. The smallest absolute Gasteiger partial charge is 0.336 e. The number of hydrogen-bond acceptors (Lipinski definition) is 3. The maximum Gasteiger partial charge on any atom is 0.336 e. The second-order valence-corrected chi connectivity index (χ2v) is 2.93. The molecule has 1 heterocycles. The number of aromatic hydroxyl groups is 1. The van der Waals surface area contributed by atoms with Crippen molar-refractivity contribution in [2.24, 2.45) is 0 Å². The van der Waals surface area contributed by atoms with E-state index in [2.05, 4.69) is 0 Å². The lowest BCUT2D eigenvalue weighted by atomic mass is 10.1. The van der Waals surface area contributed by atoms with Crippen LogP contribution in [0.15, 0.2) is 33.5 Å². The Hall–Kier alpha value is -1.89. The molecule has 0 saturated heterocycles. The summed E-state index contributed by atoms with van der Waals surface area (Å²) in [4.78, 5) is 11.0. The van der Waals surface area contributed by atoms with Gasteiger partial charge in [-0.25, -0.2) is 4.79 Å². The van der Waals surface area contributed by atoms with Gasteiger partial charge in [0.2, 0.25) is 0 Å². The van der Waals surface area contributed by atoms with E-state index < -0.39 is 5.63 Å². The number of aryl methyl sites for hydroxylation is 1. The summed E-state index contributed by atoms with van der Waals surface area (Å²) >= 11 is 0. The van der Waals surface area contributed by atoms with Crippen LogP contribution in [0.5, 0.6) is 5.75 Å². The summed E-state index contributed by atoms with van der Waals surface area (Å²) in [5.41, 5.74) is 0.881. The van der Waals surface area contributed by atoms with Crippen LogP contribution in [0.2, 0.25) is 0 Å². The first-order valence-electron chi connectivity index (χ1n) is 3.90. The molecule has 1 aromatic heterocycles. The molecule has 1 aromatic carbocycles. The van der Waals surface area contributed by atoms with E-state index in [4.69, 9.17) is 9.52 Å². The van der Waals surface area contributed by atoms with E-state index in [9.17, 15) is 4.79 Å². The van der Waals surface area contributed by atoms with Crippen molar-refractivity contribution in [1.29, 1.82) is 0 Å². The quantitative estimate of drug-likeness (QED) is 0.599. The molecular weight excluding hydrogens is 216 g/mol. The van der Waals surface area contributed by atoms with Crippen molar-refractivity contribution in [1.82, 2.24) is 0 Å². The highest BCUT2D eigenvalue weighted by Gasteiger charge is 2.01. The fourth-order valence-electron chi connectivity index (χ4n) is 1.31. The summed E-state index contributed by atoms with van der Waals surface area (Å²) in [5.74, 6) is 0.0984. The minimum Gasteiger partial charge on any atom is -0.508 e. The van der Waals surface area contributed by atoms with Gasteiger partial charge in [-0.15, -0.1) is 0 Å². The molecule has 0 atom stereocenters. The van der Waals surface area contributed by atoms with Crippen LogP contribution in [0.1, 0.15) is 5.56 Å². The van der Waals surface area contributed by atoms with Gasteiger partial charge < -0.3 is 26.0 Å². The Labute approximate surface area is 90.7 Å². The van der Waals surface area contributed by atoms with Gasteiger partial charge in [0.15, 0.2) is 0 Å². The predicted molar refractivity (Wildman–Crippen MR) is 59.7 cm³/mol. The highest BCUT2D eigenvalue weighted by Crippen LogP contribution is 2.20. The highest BCUT2D eigenvalue weighted by molar-refractivity contribution is 5.81. The molecule has 0 amide bonds. The summed E-state index contributed by atoms with van der Waals surface area (Å²) < 4.78 is 4.91. The number of hydrogen-bond donors (Lipinski definition) is 1. The fourth-order valence-corrected chi connectivity index (χ4v) is 1.31. The molecule has 6 nitrogen and oxygen atoms in total. The van der Waals surface area contributed by atoms with E-state index in [1.54, 1.807) is 12.1 Å². The Bertz CT molecular complexity index is 516. The van der Waals surface area contributed by atoms with Crippen LogP contribution in [0.4, 0.5) is 0 Å². The zero-order valence-electron chi connectivity index (χ0n) is 8.57. The van der Waals surface area contributed by atoms with Gasteiger partial charge in [0.1, 0.15) is 11.3 Å². The monoisotopic (exact) mass is 230 g/mol. The second-order valence-electron chi connectivity index (χ2n) is 2.93. The van der Waals surface area contributed by atoms with Gasteiger partial charge in [-0.3, -0.25) is 0 Å². The van der Waals surface area contributed by atoms with E-state index in [0.29, 0.717) is 5.58 Å². The summed E-state index contributed by atoms with van der Waals surface area (Å²) in [6, 6.07) is 6.15. The number of benzene rings is 1. The molecule has 0 unspecified atom stereocenters. The third-order valence-electron chi connectivity index (χ3n) is 1.93. The normalized spacial score (nSPS) is 8.56. The summed E-state index contributed by atoms with van der Waals surface area (Å²) in [5, 5.41) is 9.99. The molecule has 2 aromatic rings. The molecule has 7 N–H and O–H groups in total. The highest BCUT2D eigenvalue weighted by atomic mass is 16.4. The number of phenolic OH excluding ortho intramolecular Hbond substituents is 1. The zero-order valence-corrected chi connectivity index (χ0v) is 8.57. The van der Waals surface area contributed by atoms with E-state index >= 15 is 0 Å². The molecule has 2 rings (SSSR count). The number of phenols is 1. The molecule has 0 aliphatic rings. The van der Waals surface area contributed by atoms with Crippen LogP contribution < -0.4 is 5.63 Å². The topological polar surface area (TPSA) is 145 Å². The lowest BCUT2D eigenvalue weighted by Crippen LogP contribution is -1.97. The lowest BCUT2D eigenvalue weighted by Gasteiger charge is -1.99. The maximum absolute atomic E-state index is 11.0. The average Bonchev–Trinajstić information content (AvgIpc) is 2.02. The van der Waals surface area contributed by atoms with Crippen molar-refractivity contribution in [2.75, 3.05) is 0 Å². The van der Waals surface area contributed by atoms with Gasteiger partial charge in [-0.2, -0.15) is 0 Å². The Morgan fingerprint density at radius 2 is 1.75 bits per heavy atom. The van der Waals surface area contributed by atoms with E-state index in [-0.39, 0.29) is 22.2 Å². The third-order valence-corrected chi connectivity index (χ3v) is 1.93. The van der Waals surface area contributed by atoms with Gasteiger partial charge in [0, 0.05) is 17.5 Å². The van der Waals surface area contributed by atoms with Crippen molar-refractivity contribution < 1.29 is 26.0 Å². The number of rotatable bonds is 0. The van der Waals surface area contributed by atoms with Crippen LogP contribution >= 0.6 is 0 Å². The lowest BCUT2D eigenvalue weighted by molar-refractivity contribution is 0.473. The molecule has 0 fully saturated rings. The molecule has 0 spiro atoms. The van der Waals surface area contributed by atoms with Crippen LogP contribution in [0.25, 0.3) is 11.0 Å². The first-order valence-corrected chi connectivity index (χ1v) is 3.90. The predicted octanol–water partition coefficient (Wildman–Crippen LogP) is -0.667. The molecule has 0 aliphatic heterocycles. The van der Waals surface area contributed by atoms with Gasteiger partial charge >= 0.3 is 5.63 Å². The minimum atomic E-state index is -0.393. The first kappa shape index (κ1) is 16.5. The van der Waals surface area contributed by atoms with Crippen LogP contribution in [0, 0.1) is 6.92 Å². The van der Waals surface area contributed by atoms with Crippen molar-refractivity contribution >= 4 is 11.0 Å². The molecule has 0 radical (unpaired) electrons. The molecule has 0 saturated carbocycles. The Morgan fingerprint density at radius 1 is 1.12 bits per heavy atom. The minimum absolute atomic E-state index is 0. The van der Waals surface area contributed by atoms with Crippen molar-refractivity contribution in [3.05, 3.63) is 40.2 Å². The van der Waals surface area contributed by atoms with E-state index in [1.165, 1.54) is 12.1 Å². The van der Waals surface area contributed by atoms with Gasteiger partial charge in [-0.05, 0) is 24.6 Å². The van der Waals surface area contributed by atoms with Crippen LogP contribution in [-0.4, -0.2) is 21.5 Å². The standard InChI is InChI=1S/C10H8O3.3H2O/c1-6-4-10(12)13-9-5-7(11)2-3-8(6)9;;;/h2-5,11H,1H3;3*1H2. The zero-order chi connectivity index (χ0) is 9.42. The fraction of sp³-hybridized carbons (Fsp3) is 0.100. The summed E-state index contributed by atoms with van der Waals surface area (Å²) in [6.45, 7) is 1.83. The first-order chi connectivity index (χ1) is 6.16. The van der Waals surface area contributed by atoms with Crippen molar-refractivity contribution in [3.63, 3.8) is 0 Å². The van der Waals surface area contributed by atoms with Crippen LogP contribution in [-0.2, 0) is 0 Å². The Morgan fingerprint density at radius 3 is 2.38 bits per heavy atom. The van der Waals surface area contributed by atoms with Gasteiger partial charge in [0.25, 0.3) is 0 Å². The molecular formula is C10H14O6. The van der Waals surface area contributed by atoms with E-state index in [1.807, 2.05) is 6.92 Å². The maximum atomic E-state index is 11.0. The average molecular weight is 230 g/mol. The van der Waals surface area contributed by atoms with E-state index in [0.717, 1.165) is 10.9 Å². The van der Waals surface area contributed by atoms with Crippen LogP contribution in [0.3, 0.4) is 0 Å². The Balaban J connectivity index is 0. The van der Waals surface area contributed by atoms with Crippen molar-refractivity contribution in [3.8, 4) is 5.75 Å². The Kier molecular flexibility index (Phi) is 6.06. The van der Waals surface area contributed by atoms with Crippen molar-refractivity contribution in [2.45, 2.75) is 6.92 Å². The summed E-state index contributed by atoms with van der Waals surface area (Å²) in [7, 11) is 0. The SMILES string of the molecule is Cc1cc(=O)oc2cc(O)ccc12.O.O.O. The molecule has 6 heteroatoms. The summed E-state index contributed by atoms with van der Waals surface area (Å²) in [6.07, 6.45) is 0.